The lowest BCUT2D eigenvalue weighted by atomic mass is 9.94. The maximum atomic E-state index is 14.3. The van der Waals surface area contributed by atoms with Gasteiger partial charge in [0, 0.05) is 37.1 Å². The van der Waals surface area contributed by atoms with E-state index in [0.717, 1.165) is 12.1 Å². The minimum atomic E-state index is -3.29. The molecule has 0 spiro atoms. The van der Waals surface area contributed by atoms with Crippen LogP contribution in [0.4, 0.5) is 8.78 Å². The second-order valence-corrected chi connectivity index (χ2v) is 9.90. The number of allylic oxidation sites excluding steroid dienone is 1. The van der Waals surface area contributed by atoms with E-state index < -0.39 is 27.6 Å². The number of benzene rings is 1. The minimum absolute atomic E-state index is 0.000161. The molecule has 168 valence electrons. The standard InChI is InChI=1S/C22H21F2N3O4S/c1-3-32(29,30)12-14-4-6-20(31-21-7-5-15(23)9-17(21)24)16(8-14)19-11-26(2)22(28)18-10-25-13-27(18)19/h4-5,7-11,13,20H,3,6,12H2,1-2H3. The molecule has 0 fully saturated rings. The summed E-state index contributed by atoms with van der Waals surface area (Å²) >= 11 is 0. The molecule has 0 bridgehead atoms. The molecule has 1 aromatic carbocycles. The molecule has 1 aliphatic rings. The first-order valence-corrected chi connectivity index (χ1v) is 11.8. The van der Waals surface area contributed by atoms with Crippen molar-refractivity contribution in [1.29, 1.82) is 0 Å². The number of hydrogen-bond acceptors (Lipinski definition) is 5. The fraction of sp³-hybridized carbons (Fsp3) is 0.273. The predicted molar refractivity (Wildman–Crippen MR) is 116 cm³/mol. The summed E-state index contributed by atoms with van der Waals surface area (Å²) in [4.78, 5) is 16.5. The number of sulfone groups is 1. The highest BCUT2D eigenvalue weighted by Gasteiger charge is 2.26. The Morgan fingerprint density at radius 1 is 1.28 bits per heavy atom. The fourth-order valence-electron chi connectivity index (χ4n) is 3.61. The van der Waals surface area contributed by atoms with Gasteiger partial charge in [-0.2, -0.15) is 0 Å². The molecule has 7 nitrogen and oxygen atoms in total. The van der Waals surface area contributed by atoms with Gasteiger partial charge in [0.2, 0.25) is 0 Å². The van der Waals surface area contributed by atoms with Crippen molar-refractivity contribution in [2.75, 3.05) is 11.5 Å². The SMILES string of the molecule is CCS(=O)(=O)CC1=CCC(Oc2ccc(F)cc2F)C(c2cn(C)c(=O)c3cncn23)=C1. The Balaban J connectivity index is 1.83. The largest absolute Gasteiger partial charge is 0.482 e. The van der Waals surface area contributed by atoms with Crippen LogP contribution in [0.1, 0.15) is 19.0 Å². The molecule has 0 aliphatic heterocycles. The van der Waals surface area contributed by atoms with Crippen LogP contribution in [0.3, 0.4) is 0 Å². The molecular formula is C22H21F2N3O4S. The Morgan fingerprint density at radius 3 is 2.78 bits per heavy atom. The van der Waals surface area contributed by atoms with Gasteiger partial charge in [0.25, 0.3) is 5.56 Å². The van der Waals surface area contributed by atoms with E-state index in [9.17, 15) is 22.0 Å². The molecule has 2 aromatic heterocycles. The molecule has 1 atom stereocenters. The van der Waals surface area contributed by atoms with E-state index in [-0.39, 0.29) is 29.2 Å². The van der Waals surface area contributed by atoms with Crippen LogP contribution in [0.2, 0.25) is 0 Å². The molecule has 1 aliphatic carbocycles. The van der Waals surface area contributed by atoms with Crippen LogP contribution < -0.4 is 10.3 Å². The van der Waals surface area contributed by atoms with Gasteiger partial charge >= 0.3 is 0 Å². The zero-order valence-corrected chi connectivity index (χ0v) is 18.3. The van der Waals surface area contributed by atoms with Crippen molar-refractivity contribution in [2.45, 2.75) is 19.4 Å². The van der Waals surface area contributed by atoms with Crippen molar-refractivity contribution < 1.29 is 21.9 Å². The molecule has 10 heteroatoms. The Hall–Kier alpha value is -3.27. The fourth-order valence-corrected chi connectivity index (χ4v) is 4.53. The topological polar surface area (TPSA) is 82.7 Å². The molecule has 1 unspecified atom stereocenters. The van der Waals surface area contributed by atoms with Crippen LogP contribution in [-0.2, 0) is 16.9 Å². The van der Waals surface area contributed by atoms with E-state index >= 15 is 0 Å². The molecule has 0 radical (unpaired) electrons. The summed E-state index contributed by atoms with van der Waals surface area (Å²) in [6.45, 7) is 1.58. The lowest BCUT2D eigenvalue weighted by Gasteiger charge is -2.26. The van der Waals surface area contributed by atoms with Crippen LogP contribution in [-0.4, -0.2) is 40.0 Å². The van der Waals surface area contributed by atoms with Crippen molar-refractivity contribution >= 4 is 20.9 Å². The van der Waals surface area contributed by atoms with Crippen molar-refractivity contribution in [3.05, 3.63) is 82.3 Å². The quantitative estimate of drug-likeness (QED) is 0.564. The number of nitrogens with zero attached hydrogens (tertiary/aromatic N) is 3. The summed E-state index contributed by atoms with van der Waals surface area (Å²) in [6.07, 6.45) is 7.48. The van der Waals surface area contributed by atoms with E-state index in [1.807, 2.05) is 0 Å². The number of halogens is 2. The number of ether oxygens (including phenoxy) is 1. The molecule has 0 saturated heterocycles. The smallest absolute Gasteiger partial charge is 0.276 e. The van der Waals surface area contributed by atoms with Gasteiger partial charge in [-0.25, -0.2) is 22.2 Å². The van der Waals surface area contributed by atoms with Gasteiger partial charge in [-0.1, -0.05) is 13.0 Å². The first-order valence-electron chi connectivity index (χ1n) is 9.93. The summed E-state index contributed by atoms with van der Waals surface area (Å²) in [7, 11) is -1.70. The third-order valence-electron chi connectivity index (χ3n) is 5.32. The van der Waals surface area contributed by atoms with Crippen molar-refractivity contribution in [3.8, 4) is 5.75 Å². The highest BCUT2D eigenvalue weighted by molar-refractivity contribution is 7.91. The number of imidazole rings is 1. The van der Waals surface area contributed by atoms with Gasteiger partial charge in [0.15, 0.2) is 21.4 Å². The van der Waals surface area contributed by atoms with Crippen LogP contribution in [0.25, 0.3) is 11.1 Å². The Morgan fingerprint density at radius 2 is 2.06 bits per heavy atom. The van der Waals surface area contributed by atoms with Gasteiger partial charge in [0.1, 0.15) is 17.4 Å². The van der Waals surface area contributed by atoms with Crippen molar-refractivity contribution in [1.82, 2.24) is 14.0 Å². The number of aryl methyl sites for hydroxylation is 1. The summed E-state index contributed by atoms with van der Waals surface area (Å²) in [6, 6.07) is 3.04. The molecule has 32 heavy (non-hydrogen) atoms. The number of aromatic nitrogens is 3. The van der Waals surface area contributed by atoms with Gasteiger partial charge in [0.05, 0.1) is 24.0 Å². The molecule has 0 N–H and O–H groups in total. The van der Waals surface area contributed by atoms with Gasteiger partial charge in [-0.15, -0.1) is 0 Å². The van der Waals surface area contributed by atoms with Gasteiger partial charge < -0.3 is 9.30 Å². The zero-order chi connectivity index (χ0) is 23.0. The summed E-state index contributed by atoms with van der Waals surface area (Å²) in [5.74, 6) is -1.85. The van der Waals surface area contributed by atoms with E-state index in [1.165, 1.54) is 23.2 Å². The van der Waals surface area contributed by atoms with E-state index in [0.29, 0.717) is 22.4 Å². The van der Waals surface area contributed by atoms with Crippen molar-refractivity contribution in [2.24, 2.45) is 7.05 Å². The molecule has 3 aromatic rings. The first-order chi connectivity index (χ1) is 15.2. The van der Waals surface area contributed by atoms with E-state index in [2.05, 4.69) is 4.98 Å². The van der Waals surface area contributed by atoms with Crippen LogP contribution in [0.5, 0.6) is 5.75 Å². The number of rotatable bonds is 6. The van der Waals surface area contributed by atoms with Crippen LogP contribution >= 0.6 is 0 Å². The second kappa shape index (κ2) is 8.34. The Bertz CT molecular complexity index is 1420. The molecule has 4 rings (SSSR count). The second-order valence-electron chi connectivity index (χ2n) is 7.55. The summed E-state index contributed by atoms with van der Waals surface area (Å²) in [5.41, 5.74) is 1.75. The highest BCUT2D eigenvalue weighted by Crippen LogP contribution is 2.32. The molecule has 0 amide bonds. The van der Waals surface area contributed by atoms with E-state index in [1.54, 1.807) is 36.7 Å². The Labute approximate surface area is 183 Å². The molecule has 0 saturated carbocycles. The lowest BCUT2D eigenvalue weighted by Crippen LogP contribution is -2.26. The maximum absolute atomic E-state index is 14.3. The number of fused-ring (bicyclic) bond motifs is 1. The first kappa shape index (κ1) is 21.9. The van der Waals surface area contributed by atoms with Crippen LogP contribution in [0.15, 0.2) is 59.4 Å². The summed E-state index contributed by atoms with van der Waals surface area (Å²) in [5, 5.41) is 0. The maximum Gasteiger partial charge on any atom is 0.276 e. The third kappa shape index (κ3) is 4.22. The van der Waals surface area contributed by atoms with E-state index in [4.69, 9.17) is 4.74 Å². The van der Waals surface area contributed by atoms with Gasteiger partial charge in [-0.3, -0.25) is 9.20 Å². The zero-order valence-electron chi connectivity index (χ0n) is 17.5. The molecule has 2 heterocycles. The highest BCUT2D eigenvalue weighted by atomic mass is 32.2. The molecular weight excluding hydrogens is 440 g/mol. The van der Waals surface area contributed by atoms with Crippen molar-refractivity contribution in [3.63, 3.8) is 0 Å². The van der Waals surface area contributed by atoms with Gasteiger partial charge in [-0.05, 0) is 23.8 Å². The minimum Gasteiger partial charge on any atom is -0.482 e. The Kier molecular flexibility index (Phi) is 5.72. The average Bonchev–Trinajstić information content (AvgIpc) is 3.24. The number of hydrogen-bond donors (Lipinski definition) is 0. The summed E-state index contributed by atoms with van der Waals surface area (Å²) < 4.78 is 60.8. The normalized spacial score (nSPS) is 16.7. The predicted octanol–water partition coefficient (Wildman–Crippen LogP) is 2.91. The lowest BCUT2D eigenvalue weighted by molar-refractivity contribution is 0.247. The third-order valence-corrected chi connectivity index (χ3v) is 6.97. The monoisotopic (exact) mass is 461 g/mol. The van der Waals surface area contributed by atoms with Crippen LogP contribution in [0, 0.1) is 11.6 Å². The average molecular weight is 461 g/mol.